The summed E-state index contributed by atoms with van der Waals surface area (Å²) in [6.07, 6.45) is 0.550. The number of thiocarbonyl (C=S) groups is 1. The molecule has 1 fully saturated rings. The Labute approximate surface area is 271 Å². The number of carboxylic acids is 1. The molecular weight excluding hydrogens is 685 g/mol. The van der Waals surface area contributed by atoms with Gasteiger partial charge in [0.05, 0.1) is 0 Å². The number of hydrogen-bond acceptors (Lipinski definition) is 16. The summed E-state index contributed by atoms with van der Waals surface area (Å²) in [5.74, 6) is -2.58. The van der Waals surface area contributed by atoms with Crippen LogP contribution in [0.25, 0.3) is 0 Å². The average molecular weight is 710 g/mol. The molecule has 1 saturated heterocycles. The first-order valence-electron chi connectivity index (χ1n) is 12.5. The number of rotatable bonds is 16. The van der Waals surface area contributed by atoms with Crippen LogP contribution in [-0.2, 0) is 19.2 Å². The third kappa shape index (κ3) is 7.80. The number of halogens is 2. The van der Waals surface area contributed by atoms with Crippen LogP contribution in [0.5, 0.6) is 0 Å². The normalized spacial score (nSPS) is 18.3. The largest absolute Gasteiger partial charge is 0.477 e. The zero-order chi connectivity index (χ0) is 31.1. The van der Waals surface area contributed by atoms with Gasteiger partial charge in [-0.15, -0.1) is 16.9 Å². The van der Waals surface area contributed by atoms with Gasteiger partial charge >= 0.3 is 5.97 Å². The number of anilines is 1. The van der Waals surface area contributed by atoms with Crippen LogP contribution in [0.1, 0.15) is 17.8 Å². The van der Waals surface area contributed by atoms with Gasteiger partial charge in [0.25, 0.3) is 11.8 Å². The standard InChI is InChI=1S/C22H25ClFN9O5S5/c1-26-5-6-27-4-2-9(39)11-21(43-32-30-11)41-10-8-40-19-14(18(35)33(19)15(10)20(36)37)28-17(34)13(31-38-7-3-24)12-16(23)42-22(25)29-12/h14,19,26-27H,2-8H2,1H3,(H2,25,29)(H,28,34)(H,36,37)/t14-,19+/m1/s1. The Balaban J connectivity index is 1.48. The maximum atomic E-state index is 13.2. The minimum atomic E-state index is -1.30. The molecule has 2 atom stereocenters. The van der Waals surface area contributed by atoms with Crippen LogP contribution in [0.15, 0.2) is 20.0 Å². The highest BCUT2D eigenvalue weighted by atomic mass is 35.5. The third-order valence-electron chi connectivity index (χ3n) is 5.81. The lowest BCUT2D eigenvalue weighted by Crippen LogP contribution is -2.71. The fraction of sp³-hybridized carbons (Fsp3) is 0.455. The van der Waals surface area contributed by atoms with Crippen molar-refractivity contribution in [2.24, 2.45) is 5.16 Å². The van der Waals surface area contributed by atoms with Crippen molar-refractivity contribution >= 4 is 104 Å². The lowest BCUT2D eigenvalue weighted by Gasteiger charge is -2.49. The number of fused-ring (bicyclic) bond motifs is 1. The maximum absolute atomic E-state index is 13.2. The quantitative estimate of drug-likeness (QED) is 0.0418. The molecule has 2 aliphatic heterocycles. The highest BCUT2D eigenvalue weighted by molar-refractivity contribution is 8.07. The van der Waals surface area contributed by atoms with Crippen LogP contribution >= 0.6 is 70.2 Å². The Morgan fingerprint density at radius 2 is 2.14 bits per heavy atom. The van der Waals surface area contributed by atoms with Crippen LogP contribution in [-0.4, -0.2) is 110 Å². The summed E-state index contributed by atoms with van der Waals surface area (Å²) in [5, 5.41) is 26.1. The first-order chi connectivity index (χ1) is 20.7. The molecule has 14 nitrogen and oxygen atoms in total. The molecule has 0 radical (unpaired) electrons. The van der Waals surface area contributed by atoms with Crippen LogP contribution < -0.4 is 21.7 Å². The number of β-lactam (4-membered cyclic amide) rings is 1. The van der Waals surface area contributed by atoms with Gasteiger partial charge in [-0.25, -0.2) is 14.2 Å². The van der Waals surface area contributed by atoms with Crippen molar-refractivity contribution in [3.05, 3.63) is 26.3 Å². The van der Waals surface area contributed by atoms with Gasteiger partial charge in [0.2, 0.25) is 0 Å². The van der Waals surface area contributed by atoms with Gasteiger partial charge in [-0.05, 0) is 25.0 Å². The Morgan fingerprint density at radius 3 is 2.81 bits per heavy atom. The van der Waals surface area contributed by atoms with Gasteiger partial charge in [0.1, 0.15) is 50.3 Å². The zero-order valence-corrected chi connectivity index (χ0v) is 27.1. The van der Waals surface area contributed by atoms with Crippen molar-refractivity contribution in [1.29, 1.82) is 0 Å². The minimum Gasteiger partial charge on any atom is -0.477 e. The number of oxime groups is 1. The van der Waals surface area contributed by atoms with Crippen LogP contribution in [0.2, 0.25) is 4.34 Å². The van der Waals surface area contributed by atoms with E-state index in [0.717, 1.165) is 52.6 Å². The molecule has 2 amide bonds. The number of alkyl halides is 1. The second-order valence-electron chi connectivity index (χ2n) is 8.61. The molecule has 0 spiro atoms. The van der Waals surface area contributed by atoms with Gasteiger partial charge in [0, 0.05) is 35.2 Å². The molecule has 43 heavy (non-hydrogen) atoms. The molecule has 6 N–H and O–H groups in total. The summed E-state index contributed by atoms with van der Waals surface area (Å²) in [6, 6.07) is -1.08. The van der Waals surface area contributed by atoms with Crippen LogP contribution in [0.4, 0.5) is 9.52 Å². The SMILES string of the molecule is CNCCNCCC(=S)c1nnsc1SC1=C(C(=O)O)N2C(=O)[C@@H](NC(=O)C(=NOCCF)c3nc(N)sc3Cl)[C@@H]2SC1. The van der Waals surface area contributed by atoms with Gasteiger partial charge in [-0.3, -0.25) is 14.5 Å². The van der Waals surface area contributed by atoms with Crippen LogP contribution in [0, 0.1) is 0 Å². The number of thiazole rings is 1. The number of nitrogens with one attached hydrogen (secondary N) is 3. The van der Waals surface area contributed by atoms with Crippen molar-refractivity contribution in [1.82, 2.24) is 35.4 Å². The van der Waals surface area contributed by atoms with Gasteiger partial charge in [-0.1, -0.05) is 56.6 Å². The molecule has 0 bridgehead atoms. The van der Waals surface area contributed by atoms with Crippen molar-refractivity contribution in [3.63, 3.8) is 0 Å². The Bertz CT molecular complexity index is 1450. The maximum Gasteiger partial charge on any atom is 0.353 e. The fourth-order valence-corrected chi connectivity index (χ4v) is 8.57. The second kappa shape index (κ2) is 15.5. The second-order valence-corrected chi connectivity index (χ2v) is 14.0. The predicted molar refractivity (Wildman–Crippen MR) is 169 cm³/mol. The summed E-state index contributed by atoms with van der Waals surface area (Å²) >= 11 is 16.1. The molecule has 2 aromatic heterocycles. The van der Waals surface area contributed by atoms with Crippen molar-refractivity contribution in [2.75, 3.05) is 51.4 Å². The summed E-state index contributed by atoms with van der Waals surface area (Å²) in [6.45, 7) is 0.960. The van der Waals surface area contributed by atoms with E-state index < -0.39 is 48.2 Å². The Kier molecular flexibility index (Phi) is 12.1. The number of carboxylic acid groups (broad SMARTS) is 1. The highest BCUT2D eigenvalue weighted by Gasteiger charge is 2.54. The highest BCUT2D eigenvalue weighted by Crippen LogP contribution is 2.46. The lowest BCUT2D eigenvalue weighted by molar-refractivity contribution is -0.150. The lowest BCUT2D eigenvalue weighted by atomic mass is 10.0. The van der Waals surface area contributed by atoms with Gasteiger partial charge in [-0.2, -0.15) is 0 Å². The molecule has 4 heterocycles. The predicted octanol–water partition coefficient (Wildman–Crippen LogP) is 1.33. The molecular formula is C22H25ClFN9O5S5. The van der Waals surface area contributed by atoms with Crippen LogP contribution in [0.3, 0.4) is 0 Å². The van der Waals surface area contributed by atoms with Gasteiger partial charge < -0.3 is 31.6 Å². The number of thioether (sulfide) groups is 2. The summed E-state index contributed by atoms with van der Waals surface area (Å²) in [5.41, 5.74) is 5.50. The molecule has 21 heteroatoms. The van der Waals surface area contributed by atoms with E-state index in [0.29, 0.717) is 32.6 Å². The number of aromatic nitrogens is 3. The number of carbonyl (C=O) groups is 3. The fourth-order valence-electron chi connectivity index (χ4n) is 3.87. The number of nitrogens with zero attached hydrogens (tertiary/aromatic N) is 5. The minimum absolute atomic E-state index is 0.0445. The number of likely N-dealkylation sites (N-methyl/N-ethyl adjacent to an activating group) is 1. The average Bonchev–Trinajstić information content (AvgIpc) is 3.58. The van der Waals surface area contributed by atoms with E-state index in [-0.39, 0.29) is 26.6 Å². The number of hydrogen-bond donors (Lipinski definition) is 5. The first kappa shape index (κ1) is 33.4. The van der Waals surface area contributed by atoms with E-state index in [1.54, 1.807) is 0 Å². The van der Waals surface area contributed by atoms with Crippen molar-refractivity contribution in [2.45, 2.75) is 22.0 Å². The summed E-state index contributed by atoms with van der Waals surface area (Å²) in [7, 11) is 1.86. The molecule has 0 aromatic carbocycles. The number of nitrogen functional groups attached to an aromatic ring is 1. The Hall–Kier alpha value is -2.46. The molecule has 232 valence electrons. The van der Waals surface area contributed by atoms with E-state index in [4.69, 9.17) is 34.4 Å². The molecule has 0 aliphatic carbocycles. The first-order valence-corrected chi connectivity index (χ1v) is 16.7. The topological polar surface area (TPSA) is 197 Å². The van der Waals surface area contributed by atoms with E-state index >= 15 is 0 Å². The third-order valence-corrected chi connectivity index (χ3v) is 10.7. The smallest absolute Gasteiger partial charge is 0.353 e. The Morgan fingerprint density at radius 1 is 1.35 bits per heavy atom. The number of amides is 2. The van der Waals surface area contributed by atoms with Crippen molar-refractivity contribution < 1.29 is 28.7 Å². The van der Waals surface area contributed by atoms with E-state index in [1.165, 1.54) is 11.8 Å². The van der Waals surface area contributed by atoms with Crippen molar-refractivity contribution in [3.8, 4) is 0 Å². The number of carbonyl (C=O) groups excluding carboxylic acids is 2. The molecule has 2 aliphatic rings. The zero-order valence-electron chi connectivity index (χ0n) is 22.3. The molecule has 0 unspecified atom stereocenters. The molecule has 4 rings (SSSR count). The van der Waals surface area contributed by atoms with Gasteiger partial charge in [0.15, 0.2) is 10.8 Å². The monoisotopic (exact) mass is 709 g/mol. The summed E-state index contributed by atoms with van der Waals surface area (Å²) < 4.78 is 17.2. The number of nitrogens with two attached hydrogens (primary N) is 1. The molecule has 0 saturated carbocycles. The summed E-state index contributed by atoms with van der Waals surface area (Å²) in [4.78, 5) is 49.7. The van der Waals surface area contributed by atoms with E-state index in [9.17, 15) is 23.9 Å². The van der Waals surface area contributed by atoms with E-state index in [1.807, 2.05) is 7.05 Å². The number of aliphatic carboxylic acids is 1. The van der Waals surface area contributed by atoms with E-state index in [2.05, 4.69) is 35.7 Å². The molecule has 2 aromatic rings.